The zero-order valence-corrected chi connectivity index (χ0v) is 14.8. The van der Waals surface area contributed by atoms with Gasteiger partial charge in [0.15, 0.2) is 0 Å². The molecule has 0 radical (unpaired) electrons. The second kappa shape index (κ2) is 9.40. The van der Waals surface area contributed by atoms with E-state index in [0.717, 1.165) is 38.9 Å². The van der Waals surface area contributed by atoms with Gasteiger partial charge in [0.05, 0.1) is 12.2 Å². The van der Waals surface area contributed by atoms with Crippen molar-refractivity contribution in [2.24, 2.45) is 0 Å². The van der Waals surface area contributed by atoms with Crippen LogP contribution in [0.15, 0.2) is 24.3 Å². The van der Waals surface area contributed by atoms with Crippen LogP contribution >= 0.6 is 0 Å². The molecule has 0 bridgehead atoms. The summed E-state index contributed by atoms with van der Waals surface area (Å²) in [6.45, 7) is 2.56. The highest BCUT2D eigenvalue weighted by molar-refractivity contribution is 5.91. The average molecular weight is 362 g/mol. The molecule has 0 aromatic heterocycles. The molecule has 142 valence electrons. The van der Waals surface area contributed by atoms with E-state index in [0.29, 0.717) is 24.5 Å². The number of benzene rings is 1. The quantitative estimate of drug-likeness (QED) is 0.624. The van der Waals surface area contributed by atoms with Gasteiger partial charge in [-0.25, -0.2) is 9.59 Å². The van der Waals surface area contributed by atoms with Gasteiger partial charge < -0.3 is 30.7 Å². The lowest BCUT2D eigenvalue weighted by Crippen LogP contribution is -2.35. The van der Waals surface area contributed by atoms with Crippen molar-refractivity contribution in [3.05, 3.63) is 24.3 Å². The number of amides is 4. The first-order valence-corrected chi connectivity index (χ1v) is 9.12. The molecule has 1 aromatic carbocycles. The van der Waals surface area contributed by atoms with Crippen LogP contribution in [0.5, 0.6) is 0 Å². The summed E-state index contributed by atoms with van der Waals surface area (Å²) in [4.78, 5) is 23.7. The van der Waals surface area contributed by atoms with E-state index in [2.05, 4.69) is 21.3 Å². The van der Waals surface area contributed by atoms with Crippen LogP contribution in [0, 0.1) is 0 Å². The number of ether oxygens (including phenoxy) is 2. The fraction of sp³-hybridized carbons (Fsp3) is 0.556. The first-order valence-electron chi connectivity index (χ1n) is 9.12. The van der Waals surface area contributed by atoms with E-state index < -0.39 is 0 Å². The average Bonchev–Trinajstić information content (AvgIpc) is 3.34. The van der Waals surface area contributed by atoms with E-state index in [-0.39, 0.29) is 24.3 Å². The molecule has 0 spiro atoms. The highest BCUT2D eigenvalue weighted by Gasteiger charge is 2.17. The summed E-state index contributed by atoms with van der Waals surface area (Å²) in [5.74, 6) is 0. The molecule has 8 nitrogen and oxygen atoms in total. The molecule has 4 amide bonds. The maximum absolute atomic E-state index is 11.9. The SMILES string of the molecule is O=C(NCC1CCCO1)Nc1ccc(NC(=O)NCC2CCCO2)cc1. The number of anilines is 2. The number of urea groups is 2. The van der Waals surface area contributed by atoms with Crippen molar-refractivity contribution < 1.29 is 19.1 Å². The molecular weight excluding hydrogens is 336 g/mol. The lowest BCUT2D eigenvalue weighted by molar-refractivity contribution is 0.112. The minimum absolute atomic E-state index is 0.112. The topological polar surface area (TPSA) is 101 Å². The fourth-order valence-electron chi connectivity index (χ4n) is 3.01. The third-order valence-corrected chi connectivity index (χ3v) is 4.43. The minimum atomic E-state index is -0.268. The Morgan fingerprint density at radius 2 is 1.23 bits per heavy atom. The predicted octanol–water partition coefficient (Wildman–Crippen LogP) is 2.29. The Kier molecular flexibility index (Phi) is 6.68. The van der Waals surface area contributed by atoms with Crippen LogP contribution in [-0.2, 0) is 9.47 Å². The van der Waals surface area contributed by atoms with Crippen LogP contribution in [0.4, 0.5) is 21.0 Å². The van der Waals surface area contributed by atoms with Gasteiger partial charge in [-0.3, -0.25) is 0 Å². The van der Waals surface area contributed by atoms with Gasteiger partial charge in [0, 0.05) is 37.7 Å². The first kappa shape index (κ1) is 18.5. The third kappa shape index (κ3) is 5.89. The molecule has 2 heterocycles. The molecule has 26 heavy (non-hydrogen) atoms. The van der Waals surface area contributed by atoms with Gasteiger partial charge >= 0.3 is 12.1 Å². The zero-order valence-electron chi connectivity index (χ0n) is 14.8. The van der Waals surface area contributed by atoms with Crippen LogP contribution in [0.1, 0.15) is 25.7 Å². The number of hydrogen-bond acceptors (Lipinski definition) is 4. The van der Waals surface area contributed by atoms with Crippen molar-refractivity contribution in [1.82, 2.24) is 10.6 Å². The maximum Gasteiger partial charge on any atom is 0.319 e. The van der Waals surface area contributed by atoms with Crippen molar-refractivity contribution in [2.75, 3.05) is 36.9 Å². The molecule has 2 unspecified atom stereocenters. The van der Waals surface area contributed by atoms with Gasteiger partial charge in [-0.15, -0.1) is 0 Å². The van der Waals surface area contributed by atoms with Crippen LogP contribution in [0.2, 0.25) is 0 Å². The number of hydrogen-bond donors (Lipinski definition) is 4. The second-order valence-electron chi connectivity index (χ2n) is 6.52. The zero-order chi connectivity index (χ0) is 18.2. The Morgan fingerprint density at radius 1 is 0.808 bits per heavy atom. The van der Waals surface area contributed by atoms with Gasteiger partial charge in [0.2, 0.25) is 0 Å². The summed E-state index contributed by atoms with van der Waals surface area (Å²) in [5.41, 5.74) is 1.31. The summed E-state index contributed by atoms with van der Waals surface area (Å²) in [6, 6.07) is 6.41. The standard InChI is InChI=1S/C18H26N4O4/c23-17(19-11-15-3-1-9-25-15)21-13-5-7-14(8-6-13)22-18(24)20-12-16-4-2-10-26-16/h5-8,15-16H,1-4,9-12H2,(H2,19,21,23)(H2,20,22,24). The molecule has 2 atom stereocenters. The summed E-state index contributed by atoms with van der Waals surface area (Å²) in [6.07, 6.45) is 4.28. The molecule has 8 heteroatoms. The molecule has 2 aliphatic heterocycles. The minimum Gasteiger partial charge on any atom is -0.376 e. The van der Waals surface area contributed by atoms with Crippen molar-refractivity contribution in [1.29, 1.82) is 0 Å². The van der Waals surface area contributed by atoms with Crippen LogP contribution < -0.4 is 21.3 Å². The molecule has 4 N–H and O–H groups in total. The van der Waals surface area contributed by atoms with E-state index in [1.54, 1.807) is 24.3 Å². The Bertz CT molecular complexity index is 543. The highest BCUT2D eigenvalue weighted by Crippen LogP contribution is 2.14. The summed E-state index contributed by atoms with van der Waals surface area (Å²) in [7, 11) is 0. The van der Waals surface area contributed by atoms with Crippen molar-refractivity contribution >= 4 is 23.4 Å². The number of carbonyl (C=O) groups excluding carboxylic acids is 2. The molecular formula is C18H26N4O4. The maximum atomic E-state index is 11.9. The summed E-state index contributed by atoms with van der Waals surface area (Å²) < 4.78 is 10.9. The van der Waals surface area contributed by atoms with Crippen molar-refractivity contribution in [3.8, 4) is 0 Å². The molecule has 2 aliphatic rings. The smallest absolute Gasteiger partial charge is 0.319 e. The molecule has 0 aliphatic carbocycles. The Hall–Kier alpha value is -2.32. The van der Waals surface area contributed by atoms with Crippen LogP contribution in [-0.4, -0.2) is 50.6 Å². The lowest BCUT2D eigenvalue weighted by Gasteiger charge is -2.13. The Labute approximate surface area is 153 Å². The number of nitrogens with one attached hydrogen (secondary N) is 4. The van der Waals surface area contributed by atoms with Crippen LogP contribution in [0.3, 0.4) is 0 Å². The van der Waals surface area contributed by atoms with E-state index in [9.17, 15) is 9.59 Å². The fourth-order valence-corrected chi connectivity index (χ4v) is 3.01. The van der Waals surface area contributed by atoms with E-state index in [1.807, 2.05) is 0 Å². The monoisotopic (exact) mass is 362 g/mol. The highest BCUT2D eigenvalue weighted by atomic mass is 16.5. The Morgan fingerprint density at radius 3 is 1.58 bits per heavy atom. The van der Waals surface area contributed by atoms with E-state index >= 15 is 0 Å². The van der Waals surface area contributed by atoms with Gasteiger partial charge in [-0.1, -0.05) is 0 Å². The van der Waals surface area contributed by atoms with E-state index in [4.69, 9.17) is 9.47 Å². The normalized spacial score (nSPS) is 22.0. The predicted molar refractivity (Wildman–Crippen MR) is 98.4 cm³/mol. The molecule has 2 fully saturated rings. The summed E-state index contributed by atoms with van der Waals surface area (Å²) >= 11 is 0. The van der Waals surface area contributed by atoms with Gasteiger partial charge in [-0.2, -0.15) is 0 Å². The largest absolute Gasteiger partial charge is 0.376 e. The van der Waals surface area contributed by atoms with Gasteiger partial charge in [-0.05, 0) is 49.9 Å². The lowest BCUT2D eigenvalue weighted by atomic mass is 10.2. The first-order chi connectivity index (χ1) is 12.7. The molecule has 2 saturated heterocycles. The molecule has 3 rings (SSSR count). The number of carbonyl (C=O) groups is 2. The van der Waals surface area contributed by atoms with Crippen LogP contribution in [0.25, 0.3) is 0 Å². The third-order valence-electron chi connectivity index (χ3n) is 4.43. The van der Waals surface area contributed by atoms with Gasteiger partial charge in [0.25, 0.3) is 0 Å². The van der Waals surface area contributed by atoms with Crippen molar-refractivity contribution in [2.45, 2.75) is 37.9 Å². The molecule has 1 aromatic rings. The van der Waals surface area contributed by atoms with E-state index in [1.165, 1.54) is 0 Å². The summed E-state index contributed by atoms with van der Waals surface area (Å²) in [5, 5.41) is 11.1. The number of rotatable bonds is 6. The second-order valence-corrected chi connectivity index (χ2v) is 6.52. The molecule has 0 saturated carbocycles. The Balaban J connectivity index is 1.36. The van der Waals surface area contributed by atoms with Gasteiger partial charge in [0.1, 0.15) is 0 Å². The van der Waals surface area contributed by atoms with Crippen molar-refractivity contribution in [3.63, 3.8) is 0 Å².